The zero-order valence-electron chi connectivity index (χ0n) is 12.4. The van der Waals surface area contributed by atoms with Gasteiger partial charge in [0, 0.05) is 6.42 Å². The smallest absolute Gasteiger partial charge is 0.272 e. The molecule has 1 atom stereocenters. The summed E-state index contributed by atoms with van der Waals surface area (Å²) >= 11 is 0. The number of nitrogens with one attached hydrogen (secondary N) is 1. The summed E-state index contributed by atoms with van der Waals surface area (Å²) in [7, 11) is 0. The van der Waals surface area contributed by atoms with Crippen molar-refractivity contribution in [2.45, 2.75) is 19.4 Å². The lowest BCUT2D eigenvalue weighted by atomic mass is 10.0. The highest BCUT2D eigenvalue weighted by Crippen LogP contribution is 2.19. The zero-order chi connectivity index (χ0) is 15.5. The molecule has 0 saturated carbocycles. The number of hydroxylamine groups is 2. The van der Waals surface area contributed by atoms with Crippen molar-refractivity contribution in [3.63, 3.8) is 0 Å². The molecule has 22 heavy (non-hydrogen) atoms. The fourth-order valence-electron chi connectivity index (χ4n) is 2.51. The summed E-state index contributed by atoms with van der Waals surface area (Å²) in [6.07, 6.45) is 1.95. The maximum absolute atomic E-state index is 12.1. The van der Waals surface area contributed by atoms with Crippen molar-refractivity contribution in [3.8, 4) is 0 Å². The first-order valence-corrected chi connectivity index (χ1v) is 7.25. The van der Waals surface area contributed by atoms with Crippen LogP contribution in [0.2, 0.25) is 0 Å². The Kier molecular flexibility index (Phi) is 3.94. The number of hydrogen-bond acceptors (Lipinski definition) is 3. The standard InChI is InChI=1S/C18H18N2O2/c1-13-7-9-15(10-8-13)17-12-20(22)18(21)16(19-17)11-14-5-3-2-4-6-14/h2-10,12,16,19,22H,11H2,1H3. The molecule has 0 saturated heterocycles. The van der Waals surface area contributed by atoms with E-state index in [1.165, 1.54) is 6.20 Å². The number of aryl methyl sites for hydroxylation is 1. The number of hydrogen-bond donors (Lipinski definition) is 2. The Morgan fingerprint density at radius 3 is 2.45 bits per heavy atom. The molecule has 2 N–H and O–H groups in total. The summed E-state index contributed by atoms with van der Waals surface area (Å²) in [5.41, 5.74) is 3.89. The third-order valence-electron chi connectivity index (χ3n) is 3.75. The maximum atomic E-state index is 12.1. The van der Waals surface area contributed by atoms with Gasteiger partial charge in [0.2, 0.25) is 0 Å². The number of amides is 1. The molecule has 0 bridgehead atoms. The molecular formula is C18H18N2O2. The Morgan fingerprint density at radius 2 is 1.77 bits per heavy atom. The topological polar surface area (TPSA) is 52.6 Å². The summed E-state index contributed by atoms with van der Waals surface area (Å²) in [4.78, 5) is 12.1. The molecule has 0 radical (unpaired) electrons. The predicted molar refractivity (Wildman–Crippen MR) is 84.9 cm³/mol. The van der Waals surface area contributed by atoms with Crippen molar-refractivity contribution in [3.05, 3.63) is 77.5 Å². The number of rotatable bonds is 3. The molecule has 1 amide bonds. The van der Waals surface area contributed by atoms with Crippen LogP contribution in [0.3, 0.4) is 0 Å². The Bertz CT molecular complexity index is 693. The van der Waals surface area contributed by atoms with Crippen molar-refractivity contribution in [1.29, 1.82) is 0 Å². The summed E-state index contributed by atoms with van der Waals surface area (Å²) in [6.45, 7) is 2.02. The van der Waals surface area contributed by atoms with Crippen molar-refractivity contribution in [2.24, 2.45) is 0 Å². The van der Waals surface area contributed by atoms with E-state index in [1.807, 2.05) is 61.5 Å². The van der Waals surface area contributed by atoms with Crippen LogP contribution < -0.4 is 5.32 Å². The molecule has 4 heteroatoms. The van der Waals surface area contributed by atoms with Crippen LogP contribution in [0.25, 0.3) is 5.70 Å². The van der Waals surface area contributed by atoms with Gasteiger partial charge in [-0.2, -0.15) is 5.06 Å². The molecule has 1 aliphatic heterocycles. The summed E-state index contributed by atoms with van der Waals surface area (Å²) in [6, 6.07) is 17.2. The minimum Gasteiger partial charge on any atom is -0.372 e. The van der Waals surface area contributed by atoms with E-state index in [2.05, 4.69) is 5.32 Å². The first kappa shape index (κ1) is 14.4. The van der Waals surface area contributed by atoms with Gasteiger partial charge in [-0.3, -0.25) is 10.0 Å². The first-order valence-electron chi connectivity index (χ1n) is 7.25. The van der Waals surface area contributed by atoms with E-state index in [0.717, 1.165) is 22.4 Å². The SMILES string of the molecule is Cc1ccc(C2=CN(O)C(=O)C(Cc3ccccc3)N2)cc1. The molecule has 0 aromatic heterocycles. The molecule has 4 nitrogen and oxygen atoms in total. The Morgan fingerprint density at radius 1 is 1.09 bits per heavy atom. The molecule has 0 fully saturated rings. The van der Waals surface area contributed by atoms with E-state index in [9.17, 15) is 10.0 Å². The quantitative estimate of drug-likeness (QED) is 0.856. The Labute approximate surface area is 129 Å². The highest BCUT2D eigenvalue weighted by Gasteiger charge is 2.28. The molecule has 2 aromatic rings. The average molecular weight is 294 g/mol. The predicted octanol–water partition coefficient (Wildman–Crippen LogP) is 2.73. The average Bonchev–Trinajstić information content (AvgIpc) is 2.53. The van der Waals surface area contributed by atoms with Crippen LogP contribution in [0, 0.1) is 6.92 Å². The highest BCUT2D eigenvalue weighted by atomic mass is 16.5. The van der Waals surface area contributed by atoms with E-state index in [1.54, 1.807) is 0 Å². The third kappa shape index (κ3) is 3.02. The summed E-state index contributed by atoms with van der Waals surface area (Å²) in [5, 5.41) is 13.8. The van der Waals surface area contributed by atoms with Gasteiger partial charge in [0.1, 0.15) is 6.04 Å². The van der Waals surface area contributed by atoms with Gasteiger partial charge < -0.3 is 5.32 Å². The van der Waals surface area contributed by atoms with Crippen LogP contribution in [0.5, 0.6) is 0 Å². The molecule has 1 unspecified atom stereocenters. The van der Waals surface area contributed by atoms with Gasteiger partial charge in [0.25, 0.3) is 5.91 Å². The number of carbonyl (C=O) groups is 1. The van der Waals surface area contributed by atoms with E-state index in [-0.39, 0.29) is 5.91 Å². The number of nitrogens with zero attached hydrogens (tertiary/aromatic N) is 1. The molecule has 2 aromatic carbocycles. The lowest BCUT2D eigenvalue weighted by molar-refractivity contribution is -0.157. The molecule has 0 aliphatic carbocycles. The van der Waals surface area contributed by atoms with Crippen LogP contribution in [0.4, 0.5) is 0 Å². The number of benzene rings is 2. The molecular weight excluding hydrogens is 276 g/mol. The van der Waals surface area contributed by atoms with Gasteiger partial charge in [0.15, 0.2) is 0 Å². The highest BCUT2D eigenvalue weighted by molar-refractivity contribution is 5.87. The van der Waals surface area contributed by atoms with Crippen LogP contribution in [0.15, 0.2) is 60.8 Å². The van der Waals surface area contributed by atoms with Gasteiger partial charge in [0.05, 0.1) is 11.9 Å². The van der Waals surface area contributed by atoms with Gasteiger partial charge in [-0.25, -0.2) is 0 Å². The van der Waals surface area contributed by atoms with Crippen molar-refractivity contribution < 1.29 is 10.0 Å². The number of carbonyl (C=O) groups excluding carboxylic acids is 1. The van der Waals surface area contributed by atoms with E-state index < -0.39 is 6.04 Å². The van der Waals surface area contributed by atoms with E-state index in [4.69, 9.17) is 0 Å². The second kappa shape index (κ2) is 6.03. The van der Waals surface area contributed by atoms with Crippen LogP contribution >= 0.6 is 0 Å². The van der Waals surface area contributed by atoms with Crippen molar-refractivity contribution >= 4 is 11.6 Å². The maximum Gasteiger partial charge on any atom is 0.272 e. The van der Waals surface area contributed by atoms with Gasteiger partial charge in [-0.1, -0.05) is 60.2 Å². The minimum absolute atomic E-state index is 0.347. The Balaban J connectivity index is 1.83. The molecule has 1 aliphatic rings. The molecule has 0 spiro atoms. The van der Waals surface area contributed by atoms with Gasteiger partial charge >= 0.3 is 0 Å². The summed E-state index contributed by atoms with van der Waals surface area (Å²) in [5.74, 6) is -0.347. The van der Waals surface area contributed by atoms with Crippen LogP contribution in [0.1, 0.15) is 16.7 Å². The van der Waals surface area contributed by atoms with E-state index >= 15 is 0 Å². The molecule has 3 rings (SSSR count). The fourth-order valence-corrected chi connectivity index (χ4v) is 2.51. The lowest BCUT2D eigenvalue weighted by Gasteiger charge is -2.29. The van der Waals surface area contributed by atoms with Crippen LogP contribution in [-0.2, 0) is 11.2 Å². The third-order valence-corrected chi connectivity index (χ3v) is 3.75. The monoisotopic (exact) mass is 294 g/mol. The fraction of sp³-hybridized carbons (Fsp3) is 0.167. The van der Waals surface area contributed by atoms with Crippen LogP contribution in [-0.4, -0.2) is 22.2 Å². The summed E-state index contributed by atoms with van der Waals surface area (Å²) < 4.78 is 0. The molecule has 1 heterocycles. The van der Waals surface area contributed by atoms with Crippen molar-refractivity contribution in [1.82, 2.24) is 10.4 Å². The van der Waals surface area contributed by atoms with E-state index in [0.29, 0.717) is 11.5 Å². The van der Waals surface area contributed by atoms with Gasteiger partial charge in [-0.15, -0.1) is 0 Å². The lowest BCUT2D eigenvalue weighted by Crippen LogP contribution is -2.48. The van der Waals surface area contributed by atoms with Crippen molar-refractivity contribution in [2.75, 3.05) is 0 Å². The largest absolute Gasteiger partial charge is 0.372 e. The Hall–Kier alpha value is -2.59. The molecule has 112 valence electrons. The first-order chi connectivity index (χ1) is 10.6. The zero-order valence-corrected chi connectivity index (χ0v) is 12.4. The van der Waals surface area contributed by atoms with Gasteiger partial charge in [-0.05, 0) is 18.1 Å². The normalized spacial score (nSPS) is 17.9. The minimum atomic E-state index is -0.478. The second-order valence-corrected chi connectivity index (χ2v) is 5.48. The second-order valence-electron chi connectivity index (χ2n) is 5.48.